The summed E-state index contributed by atoms with van der Waals surface area (Å²) in [5.74, 6) is 0.297. The van der Waals surface area contributed by atoms with E-state index in [2.05, 4.69) is 22.8 Å². The van der Waals surface area contributed by atoms with E-state index in [1.54, 1.807) is 4.57 Å². The third-order valence-electron chi connectivity index (χ3n) is 3.96. The Bertz CT molecular complexity index is 825. The van der Waals surface area contributed by atoms with Crippen molar-refractivity contribution in [1.82, 2.24) is 14.8 Å². The fraction of sp³-hybridized carbons (Fsp3) is 0.200. The van der Waals surface area contributed by atoms with Gasteiger partial charge < -0.3 is 5.73 Å². The van der Waals surface area contributed by atoms with E-state index in [9.17, 15) is 4.39 Å². The number of aromatic nitrogens is 3. The molecule has 3 aromatic rings. The van der Waals surface area contributed by atoms with Gasteiger partial charge in [-0.05, 0) is 23.4 Å². The number of rotatable bonds is 2. The molecule has 2 N–H and O–H groups in total. The molecular weight excluding hydrogens is 287 g/mol. The van der Waals surface area contributed by atoms with E-state index in [0.29, 0.717) is 11.6 Å². The number of anilines is 1. The highest BCUT2D eigenvalue weighted by Crippen LogP contribution is 2.46. The second-order valence-electron chi connectivity index (χ2n) is 5.27. The highest BCUT2D eigenvalue weighted by atomic mass is 32.1. The zero-order chi connectivity index (χ0) is 14.6. The molecule has 2 atom stereocenters. The maximum Gasteiger partial charge on any atom is 0.227 e. The molecule has 2 aromatic carbocycles. The minimum absolute atomic E-state index is 0.0117. The molecule has 106 valence electrons. The molecule has 4 rings (SSSR count). The smallest absolute Gasteiger partial charge is 0.227 e. The number of hydrogen-bond donors (Lipinski definition) is 2. The third-order valence-corrected chi connectivity index (χ3v) is 4.25. The Morgan fingerprint density at radius 1 is 1.14 bits per heavy atom. The number of nitrogen functional groups attached to an aromatic ring is 1. The van der Waals surface area contributed by atoms with E-state index in [1.165, 1.54) is 0 Å². The number of halogens is 1. The summed E-state index contributed by atoms with van der Waals surface area (Å²) >= 11 is 4.30. The molecule has 0 aliphatic heterocycles. The Balaban J connectivity index is 2.00. The lowest BCUT2D eigenvalue weighted by Gasteiger charge is -2.12. The SMILES string of the molecule is Nc1nnc(S)n1-c1ccc(C2CC2F)c2ccccc12. The lowest BCUT2D eigenvalue weighted by atomic mass is 9.99. The molecule has 0 radical (unpaired) electrons. The van der Waals surface area contributed by atoms with Crippen LogP contribution in [-0.2, 0) is 0 Å². The lowest BCUT2D eigenvalue weighted by molar-refractivity contribution is 0.469. The second-order valence-corrected chi connectivity index (χ2v) is 5.67. The maximum atomic E-state index is 13.4. The minimum Gasteiger partial charge on any atom is -0.368 e. The van der Waals surface area contributed by atoms with Crippen LogP contribution in [0.2, 0.25) is 0 Å². The van der Waals surface area contributed by atoms with E-state index in [-0.39, 0.29) is 11.9 Å². The molecule has 0 bridgehead atoms. The van der Waals surface area contributed by atoms with Crippen LogP contribution in [0.3, 0.4) is 0 Å². The van der Waals surface area contributed by atoms with E-state index in [0.717, 1.165) is 22.0 Å². The molecule has 6 heteroatoms. The predicted octanol–water partition coefficient (Wildman–Crippen LogP) is 3.12. The van der Waals surface area contributed by atoms with Gasteiger partial charge in [0.1, 0.15) is 6.17 Å². The standard InChI is InChI=1S/C15H13FN4S/c16-12-7-11(12)9-5-6-13(10-4-2-1-3-8(9)10)20-14(17)18-19-15(20)21/h1-6,11-12H,7H2,(H2,17,18)(H,19,21). The molecule has 4 nitrogen and oxygen atoms in total. The zero-order valence-electron chi connectivity index (χ0n) is 11.1. The zero-order valence-corrected chi connectivity index (χ0v) is 12.0. The monoisotopic (exact) mass is 300 g/mol. The molecular formula is C15H13FN4S. The van der Waals surface area contributed by atoms with E-state index in [1.807, 2.05) is 36.4 Å². The lowest BCUT2D eigenvalue weighted by Crippen LogP contribution is -2.03. The molecule has 2 unspecified atom stereocenters. The Morgan fingerprint density at radius 2 is 1.86 bits per heavy atom. The van der Waals surface area contributed by atoms with Crippen LogP contribution >= 0.6 is 12.6 Å². The van der Waals surface area contributed by atoms with Crippen molar-refractivity contribution in [3.63, 3.8) is 0 Å². The summed E-state index contributed by atoms with van der Waals surface area (Å²) in [5, 5.41) is 10.2. The minimum atomic E-state index is -0.723. The summed E-state index contributed by atoms with van der Waals surface area (Å²) in [6.07, 6.45) is -0.115. The van der Waals surface area contributed by atoms with Crippen molar-refractivity contribution in [2.75, 3.05) is 5.73 Å². The Labute approximate surface area is 126 Å². The summed E-state index contributed by atoms with van der Waals surface area (Å²) in [7, 11) is 0. The number of fused-ring (bicyclic) bond motifs is 1. The fourth-order valence-electron chi connectivity index (χ4n) is 2.83. The summed E-state index contributed by atoms with van der Waals surface area (Å²) < 4.78 is 15.1. The highest BCUT2D eigenvalue weighted by Gasteiger charge is 2.39. The first-order valence-corrected chi connectivity index (χ1v) is 7.17. The van der Waals surface area contributed by atoms with E-state index < -0.39 is 6.17 Å². The Hall–Kier alpha value is -2.08. The molecule has 1 fully saturated rings. The van der Waals surface area contributed by atoms with Gasteiger partial charge in [0.15, 0.2) is 5.16 Å². The number of alkyl halides is 1. The largest absolute Gasteiger partial charge is 0.368 e. The summed E-state index contributed by atoms with van der Waals surface area (Å²) in [6, 6.07) is 11.8. The van der Waals surface area contributed by atoms with Crippen LogP contribution in [-0.4, -0.2) is 20.9 Å². The van der Waals surface area contributed by atoms with Gasteiger partial charge in [0, 0.05) is 11.3 Å². The molecule has 0 saturated heterocycles. The molecule has 1 aliphatic carbocycles. The molecule has 0 amide bonds. The van der Waals surface area contributed by atoms with Gasteiger partial charge in [-0.2, -0.15) is 0 Å². The second kappa shape index (κ2) is 4.46. The van der Waals surface area contributed by atoms with Crippen LogP contribution in [0.5, 0.6) is 0 Å². The van der Waals surface area contributed by atoms with Crippen molar-refractivity contribution in [3.8, 4) is 5.69 Å². The van der Waals surface area contributed by atoms with Crippen LogP contribution < -0.4 is 5.73 Å². The predicted molar refractivity (Wildman–Crippen MR) is 82.8 cm³/mol. The highest BCUT2D eigenvalue weighted by molar-refractivity contribution is 7.80. The fourth-order valence-corrected chi connectivity index (χ4v) is 3.08. The van der Waals surface area contributed by atoms with Crippen molar-refractivity contribution in [2.45, 2.75) is 23.7 Å². The number of hydrogen-bond acceptors (Lipinski definition) is 4. The number of nitrogens with two attached hydrogens (primary N) is 1. The molecule has 1 aliphatic rings. The van der Waals surface area contributed by atoms with Crippen LogP contribution in [0.15, 0.2) is 41.6 Å². The first-order valence-electron chi connectivity index (χ1n) is 6.73. The van der Waals surface area contributed by atoms with Gasteiger partial charge in [-0.15, -0.1) is 22.8 Å². The number of nitrogens with zero attached hydrogens (tertiary/aromatic N) is 3. The van der Waals surface area contributed by atoms with Crippen molar-refractivity contribution in [2.24, 2.45) is 0 Å². The summed E-state index contributed by atoms with van der Waals surface area (Å²) in [4.78, 5) is 0. The molecule has 1 saturated carbocycles. The van der Waals surface area contributed by atoms with Gasteiger partial charge in [-0.1, -0.05) is 30.3 Å². The van der Waals surface area contributed by atoms with Gasteiger partial charge in [0.25, 0.3) is 0 Å². The first-order chi connectivity index (χ1) is 10.2. The van der Waals surface area contributed by atoms with Crippen molar-refractivity contribution >= 4 is 29.3 Å². The molecule has 1 aromatic heterocycles. The van der Waals surface area contributed by atoms with Crippen molar-refractivity contribution in [1.29, 1.82) is 0 Å². The van der Waals surface area contributed by atoms with Gasteiger partial charge >= 0.3 is 0 Å². The maximum absolute atomic E-state index is 13.4. The molecule has 21 heavy (non-hydrogen) atoms. The average Bonchev–Trinajstić information content (AvgIpc) is 3.12. The topological polar surface area (TPSA) is 56.7 Å². The number of thiol groups is 1. The van der Waals surface area contributed by atoms with E-state index >= 15 is 0 Å². The molecule has 1 heterocycles. The summed E-state index contributed by atoms with van der Waals surface area (Å²) in [5.41, 5.74) is 7.79. The number of benzene rings is 2. The van der Waals surface area contributed by atoms with Gasteiger partial charge in [-0.3, -0.25) is 4.57 Å². The normalized spacial score (nSPS) is 20.9. The van der Waals surface area contributed by atoms with Gasteiger partial charge in [0.2, 0.25) is 5.95 Å². The Morgan fingerprint density at radius 3 is 2.48 bits per heavy atom. The third kappa shape index (κ3) is 1.90. The van der Waals surface area contributed by atoms with Crippen LogP contribution in [0.25, 0.3) is 16.5 Å². The van der Waals surface area contributed by atoms with Gasteiger partial charge in [0.05, 0.1) is 5.69 Å². The summed E-state index contributed by atoms with van der Waals surface area (Å²) in [6.45, 7) is 0. The van der Waals surface area contributed by atoms with Crippen LogP contribution in [0.1, 0.15) is 17.9 Å². The van der Waals surface area contributed by atoms with Crippen molar-refractivity contribution in [3.05, 3.63) is 42.0 Å². The van der Waals surface area contributed by atoms with Crippen LogP contribution in [0, 0.1) is 0 Å². The van der Waals surface area contributed by atoms with Crippen LogP contribution in [0.4, 0.5) is 10.3 Å². The first kappa shape index (κ1) is 12.6. The van der Waals surface area contributed by atoms with Crippen molar-refractivity contribution < 1.29 is 4.39 Å². The quantitative estimate of drug-likeness (QED) is 0.715. The molecule has 0 spiro atoms. The van der Waals surface area contributed by atoms with Gasteiger partial charge in [-0.25, -0.2) is 4.39 Å². The Kier molecular flexibility index (Phi) is 2.68. The van der Waals surface area contributed by atoms with E-state index in [4.69, 9.17) is 5.73 Å². The average molecular weight is 300 g/mol.